The van der Waals surface area contributed by atoms with Gasteiger partial charge in [-0.15, -0.1) is 18.3 Å². The Labute approximate surface area is 154 Å². The van der Waals surface area contributed by atoms with Gasteiger partial charge in [-0.25, -0.2) is 9.67 Å². The van der Waals surface area contributed by atoms with Crippen LogP contribution in [0.25, 0.3) is 16.7 Å². The lowest BCUT2D eigenvalue weighted by atomic mass is 10.1. The zero-order chi connectivity index (χ0) is 21.8. The number of ether oxygens (including phenoxy) is 1. The fourth-order valence-corrected chi connectivity index (χ4v) is 2.47. The molecule has 0 unspecified atom stereocenters. The summed E-state index contributed by atoms with van der Waals surface area (Å²) in [6.45, 7) is 0. The lowest BCUT2D eigenvalue weighted by Crippen LogP contribution is -2.17. The summed E-state index contributed by atoms with van der Waals surface area (Å²) in [7, 11) is 0. The number of hydrogen-bond donors (Lipinski definition) is 1. The third-order valence-corrected chi connectivity index (χ3v) is 3.59. The van der Waals surface area contributed by atoms with Gasteiger partial charge in [0.25, 0.3) is 0 Å². The predicted molar refractivity (Wildman–Crippen MR) is 80.0 cm³/mol. The summed E-state index contributed by atoms with van der Waals surface area (Å²) < 4.78 is 119. The van der Waals surface area contributed by atoms with Gasteiger partial charge in [0.1, 0.15) is 17.3 Å². The molecule has 0 bridgehead atoms. The number of nitrogens with zero attached hydrogens (tertiary/aromatic N) is 3. The number of halogens is 9. The standard InChI is InChI=1S/C15H7F9N4O/c16-13(17,18)8-5-9(14(19,20)21)26-12-10(8)11(25)28(27-12)6-1-3-7(4-2-6)29-15(22,23)24/h1-5H,25H2. The minimum Gasteiger partial charge on any atom is -0.406 e. The van der Waals surface area contributed by atoms with Crippen molar-refractivity contribution >= 4 is 16.9 Å². The lowest BCUT2D eigenvalue weighted by Gasteiger charge is -2.12. The van der Waals surface area contributed by atoms with Crippen LogP contribution >= 0.6 is 0 Å². The fourth-order valence-electron chi connectivity index (χ4n) is 2.47. The van der Waals surface area contributed by atoms with Crippen LogP contribution in [0, 0.1) is 0 Å². The molecule has 29 heavy (non-hydrogen) atoms. The molecule has 0 saturated heterocycles. The van der Waals surface area contributed by atoms with E-state index in [9.17, 15) is 39.5 Å². The molecule has 0 aliphatic rings. The minimum atomic E-state index is -5.20. The van der Waals surface area contributed by atoms with E-state index >= 15 is 0 Å². The summed E-state index contributed by atoms with van der Waals surface area (Å²) in [5.41, 5.74) is 1.06. The molecule has 3 aromatic rings. The van der Waals surface area contributed by atoms with Crippen LogP contribution in [0.5, 0.6) is 5.75 Å². The van der Waals surface area contributed by atoms with E-state index in [1.165, 1.54) is 0 Å². The number of nitrogen functional groups attached to an aromatic ring is 1. The van der Waals surface area contributed by atoms with Crippen molar-refractivity contribution in [3.63, 3.8) is 0 Å². The largest absolute Gasteiger partial charge is 0.573 e. The SMILES string of the molecule is Nc1c2c(C(F)(F)F)cc(C(F)(F)F)nc2nn1-c1ccc(OC(F)(F)F)cc1. The molecule has 0 fully saturated rings. The van der Waals surface area contributed by atoms with Crippen LogP contribution < -0.4 is 10.5 Å². The smallest absolute Gasteiger partial charge is 0.406 e. The Balaban J connectivity index is 2.17. The van der Waals surface area contributed by atoms with Crippen molar-refractivity contribution in [3.05, 3.63) is 41.6 Å². The monoisotopic (exact) mass is 430 g/mol. The van der Waals surface area contributed by atoms with Crippen molar-refractivity contribution in [2.75, 3.05) is 5.73 Å². The molecule has 156 valence electrons. The van der Waals surface area contributed by atoms with Gasteiger partial charge in [-0.2, -0.15) is 26.3 Å². The van der Waals surface area contributed by atoms with Gasteiger partial charge in [-0.05, 0) is 30.3 Å². The van der Waals surface area contributed by atoms with Crippen molar-refractivity contribution in [1.29, 1.82) is 0 Å². The zero-order valence-corrected chi connectivity index (χ0v) is 13.6. The van der Waals surface area contributed by atoms with E-state index in [2.05, 4.69) is 14.8 Å². The Kier molecular flexibility index (Phi) is 4.55. The molecule has 0 radical (unpaired) electrons. The van der Waals surface area contributed by atoms with Crippen LogP contribution in [-0.2, 0) is 12.4 Å². The van der Waals surface area contributed by atoms with Crippen LogP contribution in [0.3, 0.4) is 0 Å². The summed E-state index contributed by atoms with van der Waals surface area (Å²) >= 11 is 0. The lowest BCUT2D eigenvalue weighted by molar-refractivity contribution is -0.274. The van der Waals surface area contributed by atoms with Crippen molar-refractivity contribution in [3.8, 4) is 11.4 Å². The first kappa shape index (κ1) is 20.5. The number of nitrogens with two attached hydrogens (primary N) is 1. The van der Waals surface area contributed by atoms with E-state index in [0.717, 1.165) is 24.3 Å². The number of anilines is 1. The Morgan fingerprint density at radius 3 is 1.93 bits per heavy atom. The van der Waals surface area contributed by atoms with Crippen LogP contribution in [0.1, 0.15) is 11.3 Å². The van der Waals surface area contributed by atoms with Crippen LogP contribution in [0.2, 0.25) is 0 Å². The van der Waals surface area contributed by atoms with E-state index in [0.29, 0.717) is 4.68 Å². The molecule has 0 aliphatic heterocycles. The second-order valence-electron chi connectivity index (χ2n) is 5.59. The number of alkyl halides is 9. The third-order valence-electron chi connectivity index (χ3n) is 3.59. The number of fused-ring (bicyclic) bond motifs is 1. The van der Waals surface area contributed by atoms with Gasteiger partial charge >= 0.3 is 18.7 Å². The quantitative estimate of drug-likeness (QED) is 0.585. The van der Waals surface area contributed by atoms with E-state index in [-0.39, 0.29) is 11.8 Å². The third kappa shape index (κ3) is 4.14. The molecule has 0 saturated carbocycles. The normalized spacial score (nSPS) is 13.1. The van der Waals surface area contributed by atoms with E-state index in [1.54, 1.807) is 0 Å². The number of rotatable bonds is 2. The first-order valence-corrected chi connectivity index (χ1v) is 7.36. The highest BCUT2D eigenvalue weighted by Gasteiger charge is 2.41. The molecule has 0 spiro atoms. The maximum Gasteiger partial charge on any atom is 0.573 e. The average Bonchev–Trinajstić information content (AvgIpc) is 2.88. The summed E-state index contributed by atoms with van der Waals surface area (Å²) in [5.74, 6) is -1.33. The van der Waals surface area contributed by atoms with Gasteiger partial charge in [-0.1, -0.05) is 0 Å². The van der Waals surface area contributed by atoms with Crippen LogP contribution in [0.4, 0.5) is 45.3 Å². The summed E-state index contributed by atoms with van der Waals surface area (Å²) in [4.78, 5) is 3.08. The second kappa shape index (κ2) is 6.42. The van der Waals surface area contributed by atoms with Gasteiger partial charge in [0.05, 0.1) is 16.6 Å². The Morgan fingerprint density at radius 1 is 0.862 bits per heavy atom. The van der Waals surface area contributed by atoms with Crippen molar-refractivity contribution in [2.45, 2.75) is 18.7 Å². The maximum absolute atomic E-state index is 13.3. The molecule has 2 heterocycles. The molecular weight excluding hydrogens is 423 g/mol. The fraction of sp³-hybridized carbons (Fsp3) is 0.200. The van der Waals surface area contributed by atoms with Crippen LogP contribution in [-0.4, -0.2) is 21.1 Å². The highest BCUT2D eigenvalue weighted by atomic mass is 19.4. The maximum atomic E-state index is 13.3. The van der Waals surface area contributed by atoms with Crippen molar-refractivity contribution in [2.24, 2.45) is 0 Å². The first-order chi connectivity index (χ1) is 13.2. The van der Waals surface area contributed by atoms with Gasteiger partial charge in [0.15, 0.2) is 5.65 Å². The minimum absolute atomic E-state index is 0.128. The highest BCUT2D eigenvalue weighted by Crippen LogP contribution is 2.40. The molecule has 5 nitrogen and oxygen atoms in total. The molecular formula is C15H7F9N4O. The number of hydrogen-bond acceptors (Lipinski definition) is 4. The Bertz CT molecular complexity index is 1050. The Morgan fingerprint density at radius 2 is 1.45 bits per heavy atom. The Hall–Kier alpha value is -3.19. The molecule has 2 aromatic heterocycles. The van der Waals surface area contributed by atoms with Gasteiger partial charge in [0.2, 0.25) is 0 Å². The van der Waals surface area contributed by atoms with Crippen molar-refractivity contribution < 1.29 is 44.3 Å². The molecule has 0 aliphatic carbocycles. The van der Waals surface area contributed by atoms with Crippen molar-refractivity contribution in [1.82, 2.24) is 14.8 Å². The molecule has 2 N–H and O–H groups in total. The van der Waals surface area contributed by atoms with Gasteiger partial charge in [-0.3, -0.25) is 0 Å². The van der Waals surface area contributed by atoms with Crippen LogP contribution in [0.15, 0.2) is 30.3 Å². The van der Waals surface area contributed by atoms with E-state index in [4.69, 9.17) is 5.73 Å². The number of benzene rings is 1. The van der Waals surface area contributed by atoms with Gasteiger partial charge < -0.3 is 10.5 Å². The van der Waals surface area contributed by atoms with E-state index < -0.39 is 52.6 Å². The second-order valence-corrected chi connectivity index (χ2v) is 5.59. The highest BCUT2D eigenvalue weighted by molar-refractivity contribution is 5.91. The summed E-state index contributed by atoms with van der Waals surface area (Å²) in [6.07, 6.45) is -15.3. The topological polar surface area (TPSA) is 66.0 Å². The average molecular weight is 430 g/mol. The zero-order valence-electron chi connectivity index (χ0n) is 13.6. The van der Waals surface area contributed by atoms with Gasteiger partial charge in [0, 0.05) is 0 Å². The first-order valence-electron chi connectivity index (χ1n) is 7.36. The van der Waals surface area contributed by atoms with E-state index in [1.807, 2.05) is 0 Å². The summed E-state index contributed by atoms with van der Waals surface area (Å²) in [6, 6.07) is 3.41. The number of pyridine rings is 1. The number of aromatic nitrogens is 3. The molecule has 14 heteroatoms. The molecule has 1 aromatic carbocycles. The molecule has 3 rings (SSSR count). The molecule has 0 amide bonds. The summed E-state index contributed by atoms with van der Waals surface area (Å²) in [5, 5.41) is 2.68. The molecule has 0 atom stereocenters. The predicted octanol–water partition coefficient (Wildman–Crippen LogP) is 4.94.